The zero-order chi connectivity index (χ0) is 16.7. The minimum absolute atomic E-state index is 0.0431. The number of likely N-dealkylation sites (N-methyl/N-ethyl adjacent to an activating group) is 1. The Hall–Kier alpha value is -3.00. The second-order valence-electron chi connectivity index (χ2n) is 5.02. The van der Waals surface area contributed by atoms with Gasteiger partial charge in [0.05, 0.1) is 18.7 Å². The van der Waals surface area contributed by atoms with E-state index in [2.05, 4.69) is 0 Å². The Morgan fingerprint density at radius 3 is 2.26 bits per heavy atom. The molecule has 0 bridgehead atoms. The molecular formula is C18H18N2O3. The molecule has 2 aromatic carbocycles. The summed E-state index contributed by atoms with van der Waals surface area (Å²) in [7, 11) is 3.35. The van der Waals surface area contributed by atoms with E-state index < -0.39 is 0 Å². The molecule has 23 heavy (non-hydrogen) atoms. The van der Waals surface area contributed by atoms with Crippen molar-refractivity contribution in [3.8, 4) is 17.6 Å². The second-order valence-corrected chi connectivity index (χ2v) is 5.02. The zero-order valence-electron chi connectivity index (χ0n) is 13.2. The molecule has 0 saturated carbocycles. The monoisotopic (exact) mass is 310 g/mol. The van der Waals surface area contributed by atoms with Crippen LogP contribution in [0.4, 0.5) is 0 Å². The molecule has 0 aliphatic heterocycles. The van der Waals surface area contributed by atoms with Gasteiger partial charge in [-0.2, -0.15) is 5.26 Å². The highest BCUT2D eigenvalue weighted by atomic mass is 16.5. The van der Waals surface area contributed by atoms with Gasteiger partial charge >= 0.3 is 0 Å². The number of nitrogens with zero attached hydrogens (tertiary/aromatic N) is 2. The zero-order valence-corrected chi connectivity index (χ0v) is 13.2. The van der Waals surface area contributed by atoms with Gasteiger partial charge in [0, 0.05) is 13.6 Å². The van der Waals surface area contributed by atoms with E-state index in [9.17, 15) is 4.79 Å². The van der Waals surface area contributed by atoms with E-state index in [1.165, 1.54) is 0 Å². The molecule has 0 fully saturated rings. The summed E-state index contributed by atoms with van der Waals surface area (Å²) in [6, 6.07) is 16.3. The van der Waals surface area contributed by atoms with E-state index in [0.29, 0.717) is 17.9 Å². The second kappa shape index (κ2) is 7.85. The van der Waals surface area contributed by atoms with Crippen molar-refractivity contribution in [2.45, 2.75) is 6.54 Å². The standard InChI is InChI=1S/C18H18N2O3/c1-20(12-15-5-7-16(22-2)8-6-15)18(21)13-23-17-9-3-14(11-19)4-10-17/h3-10H,12-13H2,1-2H3. The van der Waals surface area contributed by atoms with Gasteiger partial charge in [-0.3, -0.25) is 4.79 Å². The number of rotatable bonds is 6. The first-order valence-electron chi connectivity index (χ1n) is 7.12. The first-order valence-corrected chi connectivity index (χ1v) is 7.12. The molecular weight excluding hydrogens is 292 g/mol. The van der Waals surface area contributed by atoms with Crippen LogP contribution in [0.25, 0.3) is 0 Å². The molecule has 0 N–H and O–H groups in total. The summed E-state index contributed by atoms with van der Waals surface area (Å²) in [6.45, 7) is 0.456. The van der Waals surface area contributed by atoms with E-state index in [-0.39, 0.29) is 12.5 Å². The lowest BCUT2D eigenvalue weighted by Crippen LogP contribution is -2.30. The summed E-state index contributed by atoms with van der Waals surface area (Å²) in [5.74, 6) is 1.23. The van der Waals surface area contributed by atoms with Crippen LogP contribution in [-0.2, 0) is 11.3 Å². The highest BCUT2D eigenvalue weighted by Gasteiger charge is 2.10. The number of ether oxygens (including phenoxy) is 2. The summed E-state index contributed by atoms with van der Waals surface area (Å²) in [5, 5.41) is 8.73. The van der Waals surface area contributed by atoms with Crippen molar-refractivity contribution in [3.63, 3.8) is 0 Å². The molecule has 2 rings (SSSR count). The van der Waals surface area contributed by atoms with E-state index in [0.717, 1.165) is 11.3 Å². The Morgan fingerprint density at radius 1 is 1.09 bits per heavy atom. The minimum Gasteiger partial charge on any atom is -0.497 e. The van der Waals surface area contributed by atoms with Gasteiger partial charge in [0.1, 0.15) is 11.5 Å². The van der Waals surface area contributed by atoms with Crippen LogP contribution in [0.2, 0.25) is 0 Å². The molecule has 0 unspecified atom stereocenters. The summed E-state index contributed by atoms with van der Waals surface area (Å²) in [4.78, 5) is 13.7. The van der Waals surface area contributed by atoms with E-state index >= 15 is 0 Å². The predicted molar refractivity (Wildman–Crippen MR) is 86.1 cm³/mol. The summed E-state index contributed by atoms with van der Waals surface area (Å²) in [5.41, 5.74) is 1.57. The number of hydrogen-bond acceptors (Lipinski definition) is 4. The van der Waals surface area contributed by atoms with E-state index in [1.54, 1.807) is 43.3 Å². The number of methoxy groups -OCH3 is 1. The van der Waals surface area contributed by atoms with Crippen molar-refractivity contribution in [3.05, 3.63) is 59.7 Å². The average Bonchev–Trinajstić information content (AvgIpc) is 2.60. The SMILES string of the molecule is COc1ccc(CN(C)C(=O)COc2ccc(C#N)cc2)cc1. The summed E-state index contributed by atoms with van der Waals surface area (Å²) >= 11 is 0. The predicted octanol–water partition coefficient (Wildman–Crippen LogP) is 2.60. The van der Waals surface area contributed by atoms with Gasteiger partial charge in [0.15, 0.2) is 6.61 Å². The molecule has 0 aliphatic carbocycles. The first-order chi connectivity index (χ1) is 11.1. The Balaban J connectivity index is 1.85. The van der Waals surface area contributed by atoms with Crippen LogP contribution in [0, 0.1) is 11.3 Å². The van der Waals surface area contributed by atoms with E-state index in [1.807, 2.05) is 30.3 Å². The average molecular weight is 310 g/mol. The lowest BCUT2D eigenvalue weighted by molar-refractivity contribution is -0.132. The third-order valence-electron chi connectivity index (χ3n) is 3.35. The van der Waals surface area contributed by atoms with Crippen LogP contribution in [0.3, 0.4) is 0 Å². The van der Waals surface area contributed by atoms with Crippen LogP contribution >= 0.6 is 0 Å². The first kappa shape index (κ1) is 16.4. The maximum absolute atomic E-state index is 12.1. The molecule has 0 heterocycles. The number of carbonyl (C=O) groups excluding carboxylic acids is 1. The van der Waals surface area contributed by atoms with Crippen molar-refractivity contribution in [2.24, 2.45) is 0 Å². The fourth-order valence-electron chi connectivity index (χ4n) is 1.97. The van der Waals surface area contributed by atoms with Gasteiger partial charge in [-0.05, 0) is 42.0 Å². The summed E-state index contributed by atoms with van der Waals surface area (Å²) in [6.07, 6.45) is 0. The quantitative estimate of drug-likeness (QED) is 0.823. The van der Waals surface area contributed by atoms with Crippen LogP contribution in [0.1, 0.15) is 11.1 Å². The molecule has 0 spiro atoms. The highest BCUT2D eigenvalue weighted by Crippen LogP contribution is 2.14. The van der Waals surface area contributed by atoms with Gasteiger partial charge in [-0.1, -0.05) is 12.1 Å². The molecule has 0 radical (unpaired) electrons. The number of hydrogen-bond donors (Lipinski definition) is 0. The van der Waals surface area contributed by atoms with Crippen molar-refractivity contribution < 1.29 is 14.3 Å². The Kier molecular flexibility index (Phi) is 5.59. The normalized spacial score (nSPS) is 9.78. The number of nitriles is 1. The maximum Gasteiger partial charge on any atom is 0.260 e. The van der Waals surface area contributed by atoms with Crippen molar-refractivity contribution in [1.82, 2.24) is 4.90 Å². The third kappa shape index (κ3) is 4.75. The van der Waals surface area contributed by atoms with Gasteiger partial charge in [0.2, 0.25) is 0 Å². The highest BCUT2D eigenvalue weighted by molar-refractivity contribution is 5.77. The topological polar surface area (TPSA) is 62.6 Å². The molecule has 118 valence electrons. The number of amides is 1. The van der Waals surface area contributed by atoms with Crippen LogP contribution < -0.4 is 9.47 Å². The number of carbonyl (C=O) groups is 1. The van der Waals surface area contributed by atoms with Gasteiger partial charge in [-0.25, -0.2) is 0 Å². The van der Waals surface area contributed by atoms with Crippen molar-refractivity contribution >= 4 is 5.91 Å². The summed E-state index contributed by atoms with van der Waals surface area (Å²) < 4.78 is 10.5. The molecule has 5 nitrogen and oxygen atoms in total. The Morgan fingerprint density at radius 2 is 1.70 bits per heavy atom. The fourth-order valence-corrected chi connectivity index (χ4v) is 1.97. The molecule has 0 atom stereocenters. The molecule has 0 aromatic heterocycles. The molecule has 5 heteroatoms. The lowest BCUT2D eigenvalue weighted by atomic mass is 10.2. The molecule has 0 aliphatic rings. The third-order valence-corrected chi connectivity index (χ3v) is 3.35. The maximum atomic E-state index is 12.1. The van der Waals surface area contributed by atoms with Gasteiger partial charge in [-0.15, -0.1) is 0 Å². The Bertz CT molecular complexity index is 688. The lowest BCUT2D eigenvalue weighted by Gasteiger charge is -2.17. The van der Waals surface area contributed by atoms with Crippen LogP contribution in [0.5, 0.6) is 11.5 Å². The Labute approximate surface area is 135 Å². The van der Waals surface area contributed by atoms with Crippen LogP contribution in [0.15, 0.2) is 48.5 Å². The largest absolute Gasteiger partial charge is 0.497 e. The minimum atomic E-state index is -0.120. The smallest absolute Gasteiger partial charge is 0.260 e. The molecule has 2 aromatic rings. The fraction of sp³-hybridized carbons (Fsp3) is 0.222. The van der Waals surface area contributed by atoms with Crippen LogP contribution in [-0.4, -0.2) is 31.6 Å². The molecule has 0 saturated heterocycles. The van der Waals surface area contributed by atoms with Gasteiger partial charge in [0.25, 0.3) is 5.91 Å². The van der Waals surface area contributed by atoms with E-state index in [4.69, 9.17) is 14.7 Å². The molecule has 1 amide bonds. The van der Waals surface area contributed by atoms with Crippen molar-refractivity contribution in [1.29, 1.82) is 5.26 Å². The number of benzene rings is 2. The van der Waals surface area contributed by atoms with Crippen molar-refractivity contribution in [2.75, 3.05) is 20.8 Å². The van der Waals surface area contributed by atoms with Gasteiger partial charge < -0.3 is 14.4 Å².